The second-order valence-electron chi connectivity index (χ2n) is 29.7. The van der Waals surface area contributed by atoms with Crippen molar-refractivity contribution in [3.8, 4) is 0 Å². The van der Waals surface area contributed by atoms with Gasteiger partial charge in [0, 0.05) is 50.4 Å². The summed E-state index contributed by atoms with van der Waals surface area (Å²) < 4.78 is 0. The molecule has 0 unspecified atom stereocenters. The highest BCUT2D eigenvalue weighted by Gasteiger charge is 2.14. The van der Waals surface area contributed by atoms with Crippen LogP contribution in [0, 0.1) is 6.92 Å². The zero-order chi connectivity index (χ0) is 85.4. The summed E-state index contributed by atoms with van der Waals surface area (Å²) in [6.45, 7) is 4.22. The number of H-pyrrole nitrogens is 1. The molecule has 0 aliphatic rings. The molecule has 0 bridgehead atoms. The normalized spacial score (nSPS) is 12.2. The van der Waals surface area contributed by atoms with E-state index >= 15 is 0 Å². The lowest BCUT2D eigenvalue weighted by Crippen LogP contribution is -2.69. The van der Waals surface area contributed by atoms with Crippen molar-refractivity contribution in [2.75, 3.05) is 0 Å². The van der Waals surface area contributed by atoms with E-state index < -0.39 is 72.1 Å². The summed E-state index contributed by atoms with van der Waals surface area (Å²) in [6.07, 6.45) is 23.5. The number of hydrogen-bond acceptors (Lipinski definition) is 13. The van der Waals surface area contributed by atoms with Gasteiger partial charge in [0.25, 0.3) is 0 Å². The van der Waals surface area contributed by atoms with Gasteiger partial charge in [0.2, 0.25) is 0 Å². The predicted molar refractivity (Wildman–Crippen MR) is 446 cm³/mol. The smallest absolute Gasteiger partial charge is 0.129 e. The molecule has 0 saturated carbocycles. The highest BCUT2D eigenvalue weighted by atomic mass is 16.4. The van der Waals surface area contributed by atoms with Gasteiger partial charge in [0.05, 0.1) is 42.1 Å². The standard InChI is InChI=1S/C19H21NO2.2C18H21NO2.C17H19NO2.C14H17N3O2.C12H17NO2/c20-18(19(21)22)14-17-12-10-16(11-13-17)9-5-4-8-15-6-2-1-3-7-15;1-13-2-4-14(5-3-13)6-7-15-8-10-16(11-9-15)12-17(19)18(20)21;19-17(18(20)21)13-16-11-9-15(10-12-16)8-4-7-14-5-2-1-3-6-14;18-16(17(19)20)12-15-10-8-14(9-11-15)7-6-13-4-2-1-3-5-13;15-13(14(18)19)7-11-3-1-10(2-4-11)5-6-12-8-16-9-17-12;1-2-3-9-4-6-10(7-5-9)8-11(13)12(14)15/h1-4,6-8,10-13,18H,5,9,14,20H2,(H,21,22);2-5,8-11,17H,6-7,12,19H2,1H3,(H,20,21);1-3,5-6,9-12,17H,4,7-8,13,19H2,(H,20,21);1-5,8-11,16H,6-7,12,18H2,(H,19,20);1-4,8-9,13H,5-7,15H2,(H,16,17)(H,18,19);4-7,11H,2-3,8,13H2,1H3,(H,14,15)/b8-4-;;;;;/t18-;2*17-;16-;13-;11-/m000000/s1. The fourth-order valence-electron chi connectivity index (χ4n) is 12.4. The van der Waals surface area contributed by atoms with Gasteiger partial charge in [0.15, 0.2) is 0 Å². The number of benzene rings is 10. The maximum atomic E-state index is 10.7. The average molecular weight is 1600 g/mol. The van der Waals surface area contributed by atoms with E-state index in [1.165, 1.54) is 61.2 Å². The van der Waals surface area contributed by atoms with Crippen LogP contribution in [0.5, 0.6) is 0 Å². The van der Waals surface area contributed by atoms with E-state index in [9.17, 15) is 59.4 Å². The van der Waals surface area contributed by atoms with Crippen LogP contribution in [-0.4, -0.2) is 82.0 Å². The molecule has 0 amide bonds. The van der Waals surface area contributed by atoms with Crippen LogP contribution in [0.25, 0.3) is 6.08 Å². The number of allylic oxidation sites excluding steroid dienone is 1. The van der Waals surface area contributed by atoms with E-state index in [0.29, 0.717) is 38.5 Å². The van der Waals surface area contributed by atoms with Gasteiger partial charge in [-0.05, 0) is 173 Å². The topological polar surface area (TPSA) is 435 Å². The van der Waals surface area contributed by atoms with Crippen LogP contribution in [0.3, 0.4) is 0 Å². The number of carbonyl (C=O) groups excluding carboxylic acids is 6. The third kappa shape index (κ3) is 38.9. The average Bonchev–Trinajstić information content (AvgIpc) is 1.09. The number of carbonyl (C=O) groups is 6. The molecule has 0 spiro atoms. The van der Waals surface area contributed by atoms with Crippen LogP contribution in [0.4, 0.5) is 0 Å². The molecule has 0 fully saturated rings. The monoisotopic (exact) mass is 1600 g/mol. The zero-order valence-electron chi connectivity index (χ0n) is 68.1. The number of nitrogens with one attached hydrogen (secondary N) is 1. The van der Waals surface area contributed by atoms with Crippen molar-refractivity contribution in [3.05, 3.63) is 380 Å². The van der Waals surface area contributed by atoms with Gasteiger partial charge in [0.1, 0.15) is 36.3 Å². The molecular formula is C98H116N8O12. The highest BCUT2D eigenvalue weighted by Crippen LogP contribution is 2.17. The molecule has 11 aromatic rings. The van der Waals surface area contributed by atoms with Crippen molar-refractivity contribution in [2.45, 2.75) is 172 Å². The van der Waals surface area contributed by atoms with Crippen molar-refractivity contribution < 1.29 is 93.8 Å². The summed E-state index contributed by atoms with van der Waals surface area (Å²) >= 11 is 0. The molecule has 1 aromatic heterocycles. The van der Waals surface area contributed by atoms with Gasteiger partial charge >= 0.3 is 0 Å². The van der Waals surface area contributed by atoms with Crippen LogP contribution in [0.1, 0.15) is 126 Å². The SMILES string of the molecule is CCCc1ccc(C[C@H]([NH3+])C(=O)[O-])cc1.Cc1ccc(CCc2ccc(C[C@H]([NH3+])C(=O)[O-])cc2)cc1.[NH3+][C@@H](Cc1ccc(CC/C=C\c2ccccc2)cc1)C(=O)[O-].[NH3+][C@@H](Cc1ccc(CCCc2ccccc2)cc1)C(=O)[O-].[NH3+][C@@H](Cc1ccc(CCc2ccccc2)cc1)C(=O)[O-].[NH3+][C@@H](Cc1ccc(CCc2cnc[nH]2)cc1)C(=O)[O-]. The Morgan fingerprint density at radius 3 is 0.822 bits per heavy atom. The number of carboxylic acids is 6. The van der Waals surface area contributed by atoms with Crippen molar-refractivity contribution in [3.63, 3.8) is 0 Å². The third-order valence-corrected chi connectivity index (χ3v) is 19.7. The minimum atomic E-state index is -1.11. The van der Waals surface area contributed by atoms with Crippen LogP contribution in [-0.2, 0) is 132 Å². The van der Waals surface area contributed by atoms with Gasteiger partial charge in [-0.1, -0.05) is 292 Å². The second kappa shape index (κ2) is 53.1. The number of aryl methyl sites for hydroxylation is 11. The molecule has 620 valence electrons. The number of aromatic nitrogens is 2. The minimum absolute atomic E-state index is 0.406. The van der Waals surface area contributed by atoms with E-state index in [1.807, 2.05) is 158 Å². The quantitative estimate of drug-likeness (QED) is 0.0292. The summed E-state index contributed by atoms with van der Waals surface area (Å²) in [4.78, 5) is 70.9. The van der Waals surface area contributed by atoms with Crippen LogP contribution in [0.15, 0.2) is 279 Å². The molecule has 10 aromatic carbocycles. The fourth-order valence-corrected chi connectivity index (χ4v) is 12.4. The lowest BCUT2D eigenvalue weighted by molar-refractivity contribution is -0.437. The Bertz CT molecular complexity index is 4710. The Kier molecular flexibility index (Phi) is 42.5. The van der Waals surface area contributed by atoms with Crippen molar-refractivity contribution in [2.24, 2.45) is 0 Å². The number of rotatable bonds is 37. The molecule has 20 nitrogen and oxygen atoms in total. The number of aromatic amines is 1. The van der Waals surface area contributed by atoms with E-state index in [-0.39, 0.29) is 0 Å². The highest BCUT2D eigenvalue weighted by molar-refractivity contribution is 5.72. The van der Waals surface area contributed by atoms with Crippen LogP contribution >= 0.6 is 0 Å². The number of aliphatic carboxylic acids is 6. The van der Waals surface area contributed by atoms with Crippen LogP contribution < -0.4 is 65.0 Å². The molecule has 19 N–H and O–H groups in total. The molecule has 0 radical (unpaired) electrons. The fraction of sp³-hybridized carbons (Fsp3) is 0.276. The lowest BCUT2D eigenvalue weighted by atomic mass is 10.0. The van der Waals surface area contributed by atoms with E-state index in [4.69, 9.17) is 0 Å². The summed E-state index contributed by atoms with van der Waals surface area (Å²) in [6, 6.07) is 83.8. The third-order valence-electron chi connectivity index (χ3n) is 19.7. The zero-order valence-corrected chi connectivity index (χ0v) is 68.1. The molecule has 0 aliphatic heterocycles. The Morgan fingerprint density at radius 1 is 0.305 bits per heavy atom. The number of nitrogens with zero attached hydrogens (tertiary/aromatic N) is 1. The maximum absolute atomic E-state index is 10.7. The van der Waals surface area contributed by atoms with Gasteiger partial charge in [-0.3, -0.25) is 0 Å². The first-order valence-electron chi connectivity index (χ1n) is 40.3. The maximum Gasteiger partial charge on any atom is 0.129 e. The number of hydrogen-bond donors (Lipinski definition) is 7. The minimum Gasteiger partial charge on any atom is -0.544 e. The Hall–Kier alpha value is -12.3. The molecule has 6 atom stereocenters. The van der Waals surface area contributed by atoms with Crippen LogP contribution in [0.2, 0.25) is 0 Å². The van der Waals surface area contributed by atoms with Crippen molar-refractivity contribution >= 4 is 41.9 Å². The molecular weight excluding hydrogens is 1480 g/mol. The number of imidazole rings is 1. The van der Waals surface area contributed by atoms with E-state index in [1.54, 1.807) is 6.33 Å². The number of quaternary nitrogens is 6. The summed E-state index contributed by atoms with van der Waals surface area (Å²) in [5.41, 5.74) is 42.4. The van der Waals surface area contributed by atoms with E-state index in [0.717, 1.165) is 123 Å². The molecule has 11 rings (SSSR count). The molecule has 118 heavy (non-hydrogen) atoms. The Balaban J connectivity index is 0.000000221. The van der Waals surface area contributed by atoms with Gasteiger partial charge in [-0.25, -0.2) is 4.98 Å². The first kappa shape index (κ1) is 94.6. The van der Waals surface area contributed by atoms with Crippen molar-refractivity contribution in [1.82, 2.24) is 9.97 Å². The molecule has 20 heteroatoms. The predicted octanol–water partition coefficient (Wildman–Crippen LogP) is 1.70. The van der Waals surface area contributed by atoms with Gasteiger partial charge in [-0.2, -0.15) is 0 Å². The van der Waals surface area contributed by atoms with E-state index in [2.05, 4.69) is 180 Å². The summed E-state index contributed by atoms with van der Waals surface area (Å²) in [5, 5.41) is 63.8. The summed E-state index contributed by atoms with van der Waals surface area (Å²) in [5.74, 6) is -6.59. The first-order valence-corrected chi connectivity index (χ1v) is 40.3. The van der Waals surface area contributed by atoms with Gasteiger partial charge in [-0.15, -0.1) is 0 Å². The molecule has 1 heterocycles. The second-order valence-corrected chi connectivity index (χ2v) is 29.7. The largest absolute Gasteiger partial charge is 0.544 e. The summed E-state index contributed by atoms with van der Waals surface area (Å²) in [7, 11) is 0. The molecule has 0 saturated heterocycles. The lowest BCUT2D eigenvalue weighted by Gasteiger charge is -2.10. The van der Waals surface area contributed by atoms with Gasteiger partial charge < -0.3 is 98.8 Å². The Labute approximate surface area is 693 Å². The number of carboxylic acid groups (broad SMARTS) is 6. The first-order chi connectivity index (χ1) is 56.8. The Morgan fingerprint density at radius 2 is 0.542 bits per heavy atom. The molecule has 0 aliphatic carbocycles. The van der Waals surface area contributed by atoms with Crippen molar-refractivity contribution in [1.29, 1.82) is 0 Å².